The highest BCUT2D eigenvalue weighted by molar-refractivity contribution is 9.10. The minimum Gasteiger partial charge on any atom is -0.310 e. The van der Waals surface area contributed by atoms with E-state index < -0.39 is 0 Å². The number of nitrogens with one attached hydrogen (secondary N) is 1. The zero-order chi connectivity index (χ0) is 12.4. The van der Waals surface area contributed by atoms with Crippen LogP contribution in [-0.2, 0) is 6.54 Å². The lowest BCUT2D eigenvalue weighted by molar-refractivity contribution is 0.688. The molecule has 1 fully saturated rings. The van der Waals surface area contributed by atoms with Gasteiger partial charge in [0.1, 0.15) is 0 Å². The Kier molecular flexibility index (Phi) is 3.48. The van der Waals surface area contributed by atoms with Crippen molar-refractivity contribution < 1.29 is 0 Å². The molecule has 18 heavy (non-hydrogen) atoms. The average Bonchev–Trinajstić information content (AvgIpc) is 3.22. The van der Waals surface area contributed by atoms with Gasteiger partial charge in [-0.2, -0.15) is 0 Å². The van der Waals surface area contributed by atoms with Gasteiger partial charge in [-0.3, -0.25) is 0 Å². The quantitative estimate of drug-likeness (QED) is 0.884. The third-order valence-electron chi connectivity index (χ3n) is 3.31. The van der Waals surface area contributed by atoms with Crippen LogP contribution in [0.25, 0.3) is 11.1 Å². The van der Waals surface area contributed by atoms with Crippen molar-refractivity contribution in [2.75, 3.05) is 0 Å². The maximum Gasteiger partial charge on any atom is 0.0253 e. The van der Waals surface area contributed by atoms with Crippen LogP contribution in [0.1, 0.15) is 18.4 Å². The smallest absolute Gasteiger partial charge is 0.0253 e. The Hall–Kier alpha value is -1.12. The van der Waals surface area contributed by atoms with Crippen LogP contribution in [-0.4, -0.2) is 6.04 Å². The lowest BCUT2D eigenvalue weighted by Crippen LogP contribution is -2.14. The number of rotatable bonds is 4. The molecule has 0 amide bonds. The van der Waals surface area contributed by atoms with Gasteiger partial charge in [-0.05, 0) is 35.6 Å². The van der Waals surface area contributed by atoms with Crippen molar-refractivity contribution in [3.05, 3.63) is 58.6 Å². The number of hydrogen-bond acceptors (Lipinski definition) is 1. The molecule has 1 nitrogen and oxygen atoms in total. The van der Waals surface area contributed by atoms with Crippen LogP contribution in [0, 0.1) is 0 Å². The summed E-state index contributed by atoms with van der Waals surface area (Å²) in [5.41, 5.74) is 3.87. The average molecular weight is 302 g/mol. The Morgan fingerprint density at radius 1 is 1.00 bits per heavy atom. The Labute approximate surface area is 116 Å². The minimum absolute atomic E-state index is 0.771. The zero-order valence-electron chi connectivity index (χ0n) is 10.2. The van der Waals surface area contributed by atoms with Crippen molar-refractivity contribution in [3.8, 4) is 11.1 Å². The first kappa shape index (κ1) is 11.9. The Morgan fingerprint density at radius 3 is 2.39 bits per heavy atom. The standard InChI is InChI=1S/C16H16BrN/c17-16-4-2-1-3-15(16)13-7-5-12(6-8-13)11-18-14-9-10-14/h1-8,14,18H,9-11H2. The van der Waals surface area contributed by atoms with E-state index in [0.29, 0.717) is 0 Å². The summed E-state index contributed by atoms with van der Waals surface area (Å²) in [4.78, 5) is 0. The van der Waals surface area contributed by atoms with Gasteiger partial charge in [0.2, 0.25) is 0 Å². The van der Waals surface area contributed by atoms with Crippen molar-refractivity contribution in [3.63, 3.8) is 0 Å². The maximum absolute atomic E-state index is 3.60. The number of halogens is 1. The van der Waals surface area contributed by atoms with Crippen LogP contribution in [0.15, 0.2) is 53.0 Å². The van der Waals surface area contributed by atoms with E-state index in [1.807, 2.05) is 6.07 Å². The molecule has 0 bridgehead atoms. The summed E-state index contributed by atoms with van der Waals surface area (Å²) in [7, 11) is 0. The van der Waals surface area contributed by atoms with Gasteiger partial charge >= 0.3 is 0 Å². The monoisotopic (exact) mass is 301 g/mol. The molecule has 3 rings (SSSR count). The maximum atomic E-state index is 3.60. The van der Waals surface area contributed by atoms with Gasteiger partial charge in [-0.1, -0.05) is 58.4 Å². The fourth-order valence-electron chi connectivity index (χ4n) is 2.05. The largest absolute Gasteiger partial charge is 0.310 e. The highest BCUT2D eigenvalue weighted by Crippen LogP contribution is 2.28. The highest BCUT2D eigenvalue weighted by Gasteiger charge is 2.19. The summed E-state index contributed by atoms with van der Waals surface area (Å²) in [5, 5.41) is 3.53. The molecule has 92 valence electrons. The van der Waals surface area contributed by atoms with Crippen LogP contribution >= 0.6 is 15.9 Å². The lowest BCUT2D eigenvalue weighted by Gasteiger charge is -2.07. The van der Waals surface area contributed by atoms with Crippen LogP contribution in [0.4, 0.5) is 0 Å². The molecule has 0 atom stereocenters. The first-order valence-corrected chi connectivity index (χ1v) is 7.19. The van der Waals surface area contributed by atoms with Gasteiger partial charge < -0.3 is 5.32 Å². The minimum atomic E-state index is 0.771. The van der Waals surface area contributed by atoms with E-state index in [9.17, 15) is 0 Å². The Bertz CT molecular complexity index is 529. The molecule has 1 aliphatic rings. The van der Waals surface area contributed by atoms with E-state index in [2.05, 4.69) is 63.7 Å². The van der Waals surface area contributed by atoms with Gasteiger partial charge in [0.15, 0.2) is 0 Å². The molecule has 1 aliphatic carbocycles. The normalized spacial score (nSPS) is 14.7. The molecule has 0 spiro atoms. The van der Waals surface area contributed by atoms with E-state index in [0.717, 1.165) is 17.1 Å². The molecule has 2 aromatic rings. The molecule has 0 radical (unpaired) electrons. The second-order valence-electron chi connectivity index (χ2n) is 4.83. The van der Waals surface area contributed by atoms with Crippen molar-refractivity contribution in [2.45, 2.75) is 25.4 Å². The van der Waals surface area contributed by atoms with E-state index in [-0.39, 0.29) is 0 Å². The van der Waals surface area contributed by atoms with Gasteiger partial charge in [0.05, 0.1) is 0 Å². The fourth-order valence-corrected chi connectivity index (χ4v) is 2.56. The highest BCUT2D eigenvalue weighted by atomic mass is 79.9. The first-order chi connectivity index (χ1) is 8.83. The molecule has 0 heterocycles. The molecular weight excluding hydrogens is 286 g/mol. The predicted octanol–water partition coefficient (Wildman–Crippen LogP) is 4.37. The summed E-state index contributed by atoms with van der Waals surface area (Å²) in [6, 6.07) is 17.9. The van der Waals surface area contributed by atoms with Crippen molar-refractivity contribution in [1.82, 2.24) is 5.32 Å². The second-order valence-corrected chi connectivity index (χ2v) is 5.69. The zero-order valence-corrected chi connectivity index (χ0v) is 11.8. The van der Waals surface area contributed by atoms with Gasteiger partial charge in [-0.15, -0.1) is 0 Å². The summed E-state index contributed by atoms with van der Waals surface area (Å²) in [6.45, 7) is 0.987. The predicted molar refractivity (Wildman–Crippen MR) is 79.4 cm³/mol. The summed E-state index contributed by atoms with van der Waals surface area (Å²) < 4.78 is 1.15. The number of benzene rings is 2. The van der Waals surface area contributed by atoms with Gasteiger partial charge in [-0.25, -0.2) is 0 Å². The second kappa shape index (κ2) is 5.25. The van der Waals surface area contributed by atoms with E-state index >= 15 is 0 Å². The molecule has 1 N–H and O–H groups in total. The molecule has 2 heteroatoms. The summed E-state index contributed by atoms with van der Waals surface area (Å²) in [5.74, 6) is 0. The van der Waals surface area contributed by atoms with Gasteiger partial charge in [0.25, 0.3) is 0 Å². The van der Waals surface area contributed by atoms with Crippen LogP contribution < -0.4 is 5.32 Å². The first-order valence-electron chi connectivity index (χ1n) is 6.40. The Morgan fingerprint density at radius 2 is 1.72 bits per heavy atom. The van der Waals surface area contributed by atoms with E-state index in [1.54, 1.807) is 0 Å². The molecule has 0 saturated heterocycles. The summed E-state index contributed by atoms with van der Waals surface area (Å²) >= 11 is 3.60. The third-order valence-corrected chi connectivity index (χ3v) is 4.00. The number of hydrogen-bond donors (Lipinski definition) is 1. The molecule has 1 saturated carbocycles. The molecule has 2 aromatic carbocycles. The van der Waals surface area contributed by atoms with Crippen LogP contribution in [0.5, 0.6) is 0 Å². The van der Waals surface area contributed by atoms with Crippen LogP contribution in [0.2, 0.25) is 0 Å². The third kappa shape index (κ3) is 2.82. The van der Waals surface area contributed by atoms with Crippen LogP contribution in [0.3, 0.4) is 0 Å². The molecule has 0 unspecified atom stereocenters. The summed E-state index contributed by atoms with van der Waals surface area (Å²) in [6.07, 6.45) is 2.68. The lowest BCUT2D eigenvalue weighted by atomic mass is 10.0. The molecule has 0 aliphatic heterocycles. The van der Waals surface area contributed by atoms with Crippen molar-refractivity contribution in [2.24, 2.45) is 0 Å². The fraction of sp³-hybridized carbons (Fsp3) is 0.250. The molecule has 0 aromatic heterocycles. The molecular formula is C16H16BrN. The topological polar surface area (TPSA) is 12.0 Å². The van der Waals surface area contributed by atoms with E-state index in [1.165, 1.54) is 29.5 Å². The van der Waals surface area contributed by atoms with E-state index in [4.69, 9.17) is 0 Å². The van der Waals surface area contributed by atoms with Gasteiger partial charge in [0, 0.05) is 17.1 Å². The Balaban J connectivity index is 1.75. The SMILES string of the molecule is Brc1ccccc1-c1ccc(CNC2CC2)cc1. The van der Waals surface area contributed by atoms with Crippen molar-refractivity contribution >= 4 is 15.9 Å². The van der Waals surface area contributed by atoms with Crippen molar-refractivity contribution in [1.29, 1.82) is 0 Å².